The number of aromatic nitrogens is 2. The fourth-order valence-electron chi connectivity index (χ4n) is 2.61. The normalized spacial score (nSPS) is 10.7. The van der Waals surface area contributed by atoms with E-state index in [1.807, 2.05) is 30.3 Å². The van der Waals surface area contributed by atoms with E-state index >= 15 is 0 Å². The monoisotopic (exact) mass is 359 g/mol. The van der Waals surface area contributed by atoms with Crippen LogP contribution in [0, 0.1) is 0 Å². The van der Waals surface area contributed by atoms with E-state index in [4.69, 9.17) is 21.1 Å². The third-order valence-electron chi connectivity index (χ3n) is 3.78. The Balaban J connectivity index is 2.08. The summed E-state index contributed by atoms with van der Waals surface area (Å²) in [7, 11) is 3.35. The number of benzene rings is 2. The molecule has 2 aromatic carbocycles. The van der Waals surface area contributed by atoms with Gasteiger partial charge in [0.25, 0.3) is 0 Å². The molecule has 0 aliphatic heterocycles. The number of methoxy groups -OCH3 is 1. The number of imidazole rings is 1. The number of rotatable bonds is 5. The third kappa shape index (κ3) is 3.25. The van der Waals surface area contributed by atoms with Crippen molar-refractivity contribution in [2.45, 2.75) is 6.92 Å². The van der Waals surface area contributed by atoms with Gasteiger partial charge < -0.3 is 19.4 Å². The molecule has 3 aromatic rings. The molecule has 0 radical (unpaired) electrons. The molecule has 0 saturated heterocycles. The summed E-state index contributed by atoms with van der Waals surface area (Å²) in [4.78, 5) is 16.6. The fourth-order valence-corrected chi connectivity index (χ4v) is 2.89. The first-order valence-electron chi connectivity index (χ1n) is 7.78. The highest BCUT2D eigenvalue weighted by atomic mass is 35.5. The average molecular weight is 360 g/mol. The van der Waals surface area contributed by atoms with Gasteiger partial charge in [0.15, 0.2) is 0 Å². The molecule has 0 aliphatic rings. The highest BCUT2D eigenvalue weighted by Crippen LogP contribution is 2.32. The minimum Gasteiger partial charge on any atom is -0.497 e. The Bertz CT molecular complexity index is 937. The van der Waals surface area contributed by atoms with Gasteiger partial charge in [-0.1, -0.05) is 17.7 Å². The van der Waals surface area contributed by atoms with Crippen molar-refractivity contribution >= 4 is 40.0 Å². The minimum absolute atomic E-state index is 0.207. The van der Waals surface area contributed by atoms with Crippen molar-refractivity contribution in [3.05, 3.63) is 47.2 Å². The highest BCUT2D eigenvalue weighted by Gasteiger charge is 2.20. The number of anilines is 2. The molecular weight excluding hydrogens is 342 g/mol. The highest BCUT2D eigenvalue weighted by molar-refractivity contribution is 6.35. The van der Waals surface area contributed by atoms with Crippen LogP contribution in [0.3, 0.4) is 0 Å². The van der Waals surface area contributed by atoms with Gasteiger partial charge in [-0.2, -0.15) is 0 Å². The Kier molecular flexibility index (Phi) is 4.81. The Morgan fingerprint density at radius 3 is 2.84 bits per heavy atom. The van der Waals surface area contributed by atoms with E-state index in [1.165, 1.54) is 0 Å². The van der Waals surface area contributed by atoms with Gasteiger partial charge in [0.2, 0.25) is 5.82 Å². The lowest BCUT2D eigenvalue weighted by Gasteiger charge is -2.09. The average Bonchev–Trinajstić information content (AvgIpc) is 2.96. The van der Waals surface area contributed by atoms with Crippen LogP contribution in [0.1, 0.15) is 17.5 Å². The minimum atomic E-state index is -0.482. The van der Waals surface area contributed by atoms with Crippen LogP contribution in [-0.2, 0) is 11.8 Å². The van der Waals surface area contributed by atoms with Crippen LogP contribution in [0.15, 0.2) is 36.4 Å². The number of hydrogen-bond donors (Lipinski definition) is 1. The molecule has 25 heavy (non-hydrogen) atoms. The van der Waals surface area contributed by atoms with E-state index in [1.54, 1.807) is 31.7 Å². The molecule has 0 spiro atoms. The second-order valence-corrected chi connectivity index (χ2v) is 5.77. The Morgan fingerprint density at radius 1 is 1.32 bits per heavy atom. The summed E-state index contributed by atoms with van der Waals surface area (Å²) >= 11 is 6.32. The van der Waals surface area contributed by atoms with E-state index in [0.717, 1.165) is 17.1 Å². The maximum atomic E-state index is 12.1. The zero-order valence-corrected chi connectivity index (χ0v) is 14.9. The summed E-state index contributed by atoms with van der Waals surface area (Å²) in [6.07, 6.45) is 0. The van der Waals surface area contributed by atoms with Gasteiger partial charge in [0.05, 0.1) is 29.9 Å². The molecule has 130 valence electrons. The molecule has 1 heterocycles. The first-order valence-corrected chi connectivity index (χ1v) is 8.16. The van der Waals surface area contributed by atoms with Crippen LogP contribution < -0.4 is 10.1 Å². The quantitative estimate of drug-likeness (QED) is 0.693. The molecule has 1 N–H and O–H groups in total. The van der Waals surface area contributed by atoms with Crippen molar-refractivity contribution in [2.24, 2.45) is 7.05 Å². The van der Waals surface area contributed by atoms with Gasteiger partial charge in [0, 0.05) is 18.8 Å². The predicted molar refractivity (Wildman–Crippen MR) is 98.0 cm³/mol. The smallest absolute Gasteiger partial charge is 0.374 e. The largest absolute Gasteiger partial charge is 0.497 e. The van der Waals surface area contributed by atoms with Crippen molar-refractivity contribution in [3.8, 4) is 5.75 Å². The molecular formula is C18H18ClN3O3. The van der Waals surface area contributed by atoms with Crippen LogP contribution in [0.4, 0.5) is 11.4 Å². The lowest BCUT2D eigenvalue weighted by Crippen LogP contribution is -2.11. The molecule has 0 fully saturated rings. The van der Waals surface area contributed by atoms with Crippen molar-refractivity contribution in [1.29, 1.82) is 0 Å². The molecule has 0 saturated carbocycles. The van der Waals surface area contributed by atoms with Gasteiger partial charge in [0.1, 0.15) is 11.3 Å². The second kappa shape index (κ2) is 7.03. The second-order valence-electron chi connectivity index (χ2n) is 5.36. The number of halogens is 1. The number of carbonyl (C=O) groups is 1. The maximum Gasteiger partial charge on any atom is 0.374 e. The first-order chi connectivity index (χ1) is 12.0. The topological polar surface area (TPSA) is 65.4 Å². The van der Waals surface area contributed by atoms with Crippen LogP contribution in [-0.4, -0.2) is 29.2 Å². The van der Waals surface area contributed by atoms with Gasteiger partial charge >= 0.3 is 5.97 Å². The number of nitrogens with one attached hydrogen (secondary N) is 1. The first kappa shape index (κ1) is 17.1. The summed E-state index contributed by atoms with van der Waals surface area (Å²) in [5.41, 5.74) is 2.84. The summed E-state index contributed by atoms with van der Waals surface area (Å²) in [6, 6.07) is 11.1. The Hall–Kier alpha value is -2.73. The predicted octanol–water partition coefficient (Wildman–Crippen LogP) is 4.16. The van der Waals surface area contributed by atoms with Gasteiger partial charge in [-0.05, 0) is 31.2 Å². The van der Waals surface area contributed by atoms with Gasteiger partial charge in [-0.3, -0.25) is 0 Å². The number of aryl methyl sites for hydroxylation is 1. The lowest BCUT2D eigenvalue weighted by molar-refractivity contribution is 0.0508. The standard InChI is InChI=1S/C18H18ClN3O3/c1-4-25-18(23)17-21-15-14(9-8-13(19)16(15)22(17)2)20-11-6-5-7-12(10-11)24-3/h5-10,20H,4H2,1-3H3. The molecule has 1 aromatic heterocycles. The van der Waals surface area contributed by atoms with Crippen LogP contribution >= 0.6 is 11.6 Å². The third-order valence-corrected chi connectivity index (χ3v) is 4.08. The summed E-state index contributed by atoms with van der Waals surface area (Å²) < 4.78 is 11.9. The van der Waals surface area contributed by atoms with Gasteiger partial charge in [-0.25, -0.2) is 9.78 Å². The van der Waals surface area contributed by atoms with E-state index in [2.05, 4.69) is 10.3 Å². The summed E-state index contributed by atoms with van der Waals surface area (Å²) in [5.74, 6) is 0.465. The van der Waals surface area contributed by atoms with Gasteiger partial charge in [-0.15, -0.1) is 0 Å². The van der Waals surface area contributed by atoms with Crippen LogP contribution in [0.5, 0.6) is 5.75 Å². The molecule has 0 unspecified atom stereocenters. The van der Waals surface area contributed by atoms with Crippen LogP contribution in [0.2, 0.25) is 5.02 Å². The number of carbonyl (C=O) groups excluding carboxylic acids is 1. The zero-order chi connectivity index (χ0) is 18.0. The summed E-state index contributed by atoms with van der Waals surface area (Å²) in [6.45, 7) is 2.04. The SMILES string of the molecule is CCOC(=O)c1nc2c(Nc3cccc(OC)c3)ccc(Cl)c2n1C. The number of nitrogens with zero attached hydrogens (tertiary/aromatic N) is 2. The van der Waals surface area contributed by atoms with Crippen molar-refractivity contribution < 1.29 is 14.3 Å². The molecule has 0 amide bonds. The zero-order valence-electron chi connectivity index (χ0n) is 14.2. The molecule has 7 heteroatoms. The molecule has 3 rings (SSSR count). The molecule has 6 nitrogen and oxygen atoms in total. The summed E-state index contributed by atoms with van der Waals surface area (Å²) in [5, 5.41) is 3.80. The molecule has 0 atom stereocenters. The number of fused-ring (bicyclic) bond motifs is 1. The van der Waals surface area contributed by atoms with E-state index in [9.17, 15) is 4.79 Å². The lowest BCUT2D eigenvalue weighted by atomic mass is 10.2. The number of esters is 1. The number of ether oxygens (including phenoxy) is 2. The van der Waals surface area contributed by atoms with E-state index < -0.39 is 5.97 Å². The number of hydrogen-bond acceptors (Lipinski definition) is 5. The van der Waals surface area contributed by atoms with E-state index in [-0.39, 0.29) is 12.4 Å². The Morgan fingerprint density at radius 2 is 2.12 bits per heavy atom. The van der Waals surface area contributed by atoms with Crippen molar-refractivity contribution in [3.63, 3.8) is 0 Å². The van der Waals surface area contributed by atoms with Crippen LogP contribution in [0.25, 0.3) is 11.0 Å². The fraction of sp³-hybridized carbons (Fsp3) is 0.222. The Labute approximate surface area is 150 Å². The van der Waals surface area contributed by atoms with Crippen molar-refractivity contribution in [1.82, 2.24) is 9.55 Å². The molecule has 0 bridgehead atoms. The van der Waals surface area contributed by atoms with Crippen molar-refractivity contribution in [2.75, 3.05) is 19.0 Å². The maximum absolute atomic E-state index is 12.1. The van der Waals surface area contributed by atoms with E-state index in [0.29, 0.717) is 16.1 Å². The molecule has 0 aliphatic carbocycles.